The van der Waals surface area contributed by atoms with Crippen molar-refractivity contribution in [1.29, 1.82) is 0 Å². The lowest BCUT2D eigenvalue weighted by Crippen LogP contribution is -2.08. The second-order valence-electron chi connectivity index (χ2n) is 3.46. The number of ether oxygens (including phenoxy) is 2. The number of allylic oxidation sites excluding steroid dienone is 1. The van der Waals surface area contributed by atoms with Gasteiger partial charge in [-0.1, -0.05) is 6.58 Å². The SMILES string of the molecule is C=C(C=NN(C)C)CCC1OCCO1. The highest BCUT2D eigenvalue weighted by Crippen LogP contribution is 2.12. The van der Waals surface area contributed by atoms with Crippen LogP contribution in [0.15, 0.2) is 17.3 Å². The Balaban J connectivity index is 2.14. The second-order valence-corrected chi connectivity index (χ2v) is 3.46. The molecule has 0 N–H and O–H groups in total. The van der Waals surface area contributed by atoms with Crippen LogP contribution in [0.5, 0.6) is 0 Å². The van der Waals surface area contributed by atoms with Gasteiger partial charge in [0.2, 0.25) is 0 Å². The van der Waals surface area contributed by atoms with Gasteiger partial charge in [0.05, 0.1) is 13.2 Å². The molecule has 0 radical (unpaired) electrons. The van der Waals surface area contributed by atoms with E-state index in [1.807, 2.05) is 14.1 Å². The second kappa shape index (κ2) is 5.78. The molecule has 0 aliphatic carbocycles. The van der Waals surface area contributed by atoms with Gasteiger partial charge in [-0.2, -0.15) is 5.10 Å². The summed E-state index contributed by atoms with van der Waals surface area (Å²) in [5.41, 5.74) is 0.998. The Morgan fingerprint density at radius 2 is 2.14 bits per heavy atom. The molecule has 0 atom stereocenters. The fraction of sp³-hybridized carbons (Fsp3) is 0.700. The molecule has 0 aromatic carbocycles. The molecule has 0 aromatic rings. The Morgan fingerprint density at radius 3 is 2.71 bits per heavy atom. The van der Waals surface area contributed by atoms with E-state index in [9.17, 15) is 0 Å². The molecule has 0 spiro atoms. The average molecular weight is 198 g/mol. The third-order valence-corrected chi connectivity index (χ3v) is 1.86. The van der Waals surface area contributed by atoms with Gasteiger partial charge in [0, 0.05) is 26.7 Å². The summed E-state index contributed by atoms with van der Waals surface area (Å²) in [6.07, 6.45) is 3.45. The van der Waals surface area contributed by atoms with Crippen LogP contribution in [0.3, 0.4) is 0 Å². The first-order valence-corrected chi connectivity index (χ1v) is 4.81. The summed E-state index contributed by atoms with van der Waals surface area (Å²) in [5.74, 6) is 0. The van der Waals surface area contributed by atoms with Crippen LogP contribution in [-0.4, -0.2) is 44.8 Å². The normalized spacial score (nSPS) is 17.9. The zero-order valence-electron chi connectivity index (χ0n) is 8.90. The van der Waals surface area contributed by atoms with Crippen molar-refractivity contribution in [3.63, 3.8) is 0 Å². The number of hydrogen-bond acceptors (Lipinski definition) is 4. The third kappa shape index (κ3) is 4.39. The van der Waals surface area contributed by atoms with E-state index in [1.165, 1.54) is 0 Å². The van der Waals surface area contributed by atoms with Gasteiger partial charge in [0.1, 0.15) is 0 Å². The summed E-state index contributed by atoms with van der Waals surface area (Å²) in [6.45, 7) is 5.32. The van der Waals surface area contributed by atoms with E-state index < -0.39 is 0 Å². The highest BCUT2D eigenvalue weighted by molar-refractivity contribution is 5.77. The van der Waals surface area contributed by atoms with Gasteiger partial charge >= 0.3 is 0 Å². The maximum absolute atomic E-state index is 5.31. The Bertz CT molecular complexity index is 208. The Labute approximate surface area is 85.2 Å². The lowest BCUT2D eigenvalue weighted by molar-refractivity contribution is -0.0459. The van der Waals surface area contributed by atoms with E-state index in [1.54, 1.807) is 11.2 Å². The molecule has 1 saturated heterocycles. The summed E-state index contributed by atoms with van der Waals surface area (Å²) in [6, 6.07) is 0. The maximum atomic E-state index is 5.31. The minimum atomic E-state index is -0.0421. The quantitative estimate of drug-likeness (QED) is 0.492. The molecule has 1 rings (SSSR count). The lowest BCUT2D eigenvalue weighted by atomic mass is 10.2. The van der Waals surface area contributed by atoms with Crippen molar-refractivity contribution in [1.82, 2.24) is 5.01 Å². The zero-order chi connectivity index (χ0) is 10.4. The molecule has 4 heteroatoms. The number of nitrogens with zero attached hydrogens (tertiary/aromatic N) is 2. The number of hydrazone groups is 1. The van der Waals surface area contributed by atoms with Gasteiger partial charge in [-0.25, -0.2) is 0 Å². The van der Waals surface area contributed by atoms with Gasteiger partial charge in [-0.05, 0) is 12.0 Å². The molecule has 0 unspecified atom stereocenters. The third-order valence-electron chi connectivity index (χ3n) is 1.86. The van der Waals surface area contributed by atoms with Gasteiger partial charge in [0.25, 0.3) is 0 Å². The molecule has 1 aliphatic rings. The molecule has 0 amide bonds. The van der Waals surface area contributed by atoms with Crippen LogP contribution < -0.4 is 0 Å². The van der Waals surface area contributed by atoms with E-state index in [0.29, 0.717) is 13.2 Å². The first-order valence-electron chi connectivity index (χ1n) is 4.81. The van der Waals surface area contributed by atoms with Crippen molar-refractivity contribution in [2.75, 3.05) is 27.3 Å². The van der Waals surface area contributed by atoms with Crippen molar-refractivity contribution >= 4 is 6.21 Å². The van der Waals surface area contributed by atoms with Gasteiger partial charge in [-0.3, -0.25) is 0 Å². The smallest absolute Gasteiger partial charge is 0.158 e. The van der Waals surface area contributed by atoms with Crippen LogP contribution >= 0.6 is 0 Å². The van der Waals surface area contributed by atoms with E-state index >= 15 is 0 Å². The van der Waals surface area contributed by atoms with Gasteiger partial charge in [0.15, 0.2) is 6.29 Å². The molecule has 1 heterocycles. The maximum Gasteiger partial charge on any atom is 0.158 e. The minimum Gasteiger partial charge on any atom is -0.350 e. The monoisotopic (exact) mass is 198 g/mol. The molecule has 0 saturated carbocycles. The van der Waals surface area contributed by atoms with E-state index in [0.717, 1.165) is 18.4 Å². The molecule has 0 bridgehead atoms. The highest BCUT2D eigenvalue weighted by Gasteiger charge is 2.15. The molecule has 1 fully saturated rings. The largest absolute Gasteiger partial charge is 0.350 e. The van der Waals surface area contributed by atoms with E-state index in [4.69, 9.17) is 9.47 Å². The minimum absolute atomic E-state index is 0.0421. The fourth-order valence-electron chi connectivity index (χ4n) is 1.14. The van der Waals surface area contributed by atoms with Gasteiger partial charge in [-0.15, -0.1) is 0 Å². The predicted octanol–water partition coefficient (Wildman–Crippen LogP) is 1.24. The molecule has 4 nitrogen and oxygen atoms in total. The van der Waals surface area contributed by atoms with Crippen molar-refractivity contribution in [2.24, 2.45) is 5.10 Å². The Morgan fingerprint density at radius 1 is 1.50 bits per heavy atom. The van der Waals surface area contributed by atoms with Crippen LogP contribution in [0.4, 0.5) is 0 Å². The van der Waals surface area contributed by atoms with Crippen LogP contribution in [0.1, 0.15) is 12.8 Å². The molecule has 14 heavy (non-hydrogen) atoms. The van der Waals surface area contributed by atoms with Crippen molar-refractivity contribution < 1.29 is 9.47 Å². The van der Waals surface area contributed by atoms with Crippen LogP contribution in [0.2, 0.25) is 0 Å². The topological polar surface area (TPSA) is 34.1 Å². The molecule has 0 aromatic heterocycles. The highest BCUT2D eigenvalue weighted by atomic mass is 16.7. The number of rotatable bonds is 5. The lowest BCUT2D eigenvalue weighted by Gasteiger charge is -2.08. The van der Waals surface area contributed by atoms with E-state index in [2.05, 4.69) is 11.7 Å². The Hall–Kier alpha value is -0.870. The molecule has 1 aliphatic heterocycles. The van der Waals surface area contributed by atoms with Gasteiger partial charge < -0.3 is 14.5 Å². The Kier molecular flexibility index (Phi) is 4.62. The number of hydrogen-bond donors (Lipinski definition) is 0. The van der Waals surface area contributed by atoms with Crippen molar-refractivity contribution in [3.8, 4) is 0 Å². The molecule has 80 valence electrons. The summed E-state index contributed by atoms with van der Waals surface area (Å²) in [5, 5.41) is 5.84. The standard InChI is InChI=1S/C10H18N2O2/c1-9(8-11-12(2)3)4-5-10-13-6-7-14-10/h8,10H,1,4-7H2,2-3H3. The molecular weight excluding hydrogens is 180 g/mol. The zero-order valence-corrected chi connectivity index (χ0v) is 8.90. The van der Waals surface area contributed by atoms with Crippen LogP contribution in [0.25, 0.3) is 0 Å². The fourth-order valence-corrected chi connectivity index (χ4v) is 1.14. The van der Waals surface area contributed by atoms with Crippen molar-refractivity contribution in [3.05, 3.63) is 12.2 Å². The van der Waals surface area contributed by atoms with Crippen molar-refractivity contribution in [2.45, 2.75) is 19.1 Å². The predicted molar refractivity (Wildman–Crippen MR) is 56.2 cm³/mol. The van der Waals surface area contributed by atoms with Crippen LogP contribution in [0, 0.1) is 0 Å². The summed E-state index contributed by atoms with van der Waals surface area (Å²) in [4.78, 5) is 0. The average Bonchev–Trinajstić information content (AvgIpc) is 2.63. The first kappa shape index (κ1) is 11.2. The van der Waals surface area contributed by atoms with E-state index in [-0.39, 0.29) is 6.29 Å². The summed E-state index contributed by atoms with van der Waals surface area (Å²) < 4.78 is 10.6. The first-order chi connectivity index (χ1) is 6.68. The molecular formula is C10H18N2O2. The summed E-state index contributed by atoms with van der Waals surface area (Å²) in [7, 11) is 3.76. The summed E-state index contributed by atoms with van der Waals surface area (Å²) >= 11 is 0. The van der Waals surface area contributed by atoms with Crippen LogP contribution in [-0.2, 0) is 9.47 Å².